The average Bonchev–Trinajstić information content (AvgIpc) is 2.83. The third kappa shape index (κ3) is 3.20. The quantitative estimate of drug-likeness (QED) is 0.888. The van der Waals surface area contributed by atoms with Gasteiger partial charge in [-0.15, -0.1) is 0 Å². The molecule has 108 valence electrons. The van der Waals surface area contributed by atoms with Gasteiger partial charge in [-0.1, -0.05) is 6.07 Å². The van der Waals surface area contributed by atoms with Crippen molar-refractivity contribution in [1.82, 2.24) is 4.72 Å². The zero-order valence-electron chi connectivity index (χ0n) is 11.7. The van der Waals surface area contributed by atoms with Crippen LogP contribution in [0.1, 0.15) is 17.1 Å². The zero-order chi connectivity index (χ0) is 14.8. The van der Waals surface area contributed by atoms with Crippen molar-refractivity contribution in [3.63, 3.8) is 0 Å². The Balaban J connectivity index is 2.19. The Hall–Kier alpha value is -1.79. The molecule has 0 bridgehead atoms. The number of sulfonamides is 1. The first-order valence-corrected chi connectivity index (χ1v) is 7.74. The fraction of sp³-hybridized carbons (Fsp3) is 0.286. The summed E-state index contributed by atoms with van der Waals surface area (Å²) in [6, 6.07) is 9.03. The maximum atomic E-state index is 11.9. The summed E-state index contributed by atoms with van der Waals surface area (Å²) in [5.41, 5.74) is 1.44. The van der Waals surface area contributed by atoms with Crippen LogP contribution < -0.4 is 10.0 Å². The van der Waals surface area contributed by atoms with Gasteiger partial charge in [0.25, 0.3) is 0 Å². The maximum Gasteiger partial charge on any atom is 0.240 e. The molecule has 5 nitrogen and oxygen atoms in total. The number of benzene rings is 1. The fourth-order valence-electron chi connectivity index (χ4n) is 1.88. The maximum absolute atomic E-state index is 11.9. The second kappa shape index (κ2) is 5.68. The lowest BCUT2D eigenvalue weighted by Crippen LogP contribution is -2.19. The van der Waals surface area contributed by atoms with Gasteiger partial charge in [-0.25, -0.2) is 13.1 Å². The van der Waals surface area contributed by atoms with E-state index in [0.717, 1.165) is 17.2 Å². The molecular formula is C14H18N2O3S. The van der Waals surface area contributed by atoms with Crippen LogP contribution in [-0.4, -0.2) is 15.5 Å². The molecule has 0 amide bonds. The van der Waals surface area contributed by atoms with Crippen molar-refractivity contribution in [2.75, 3.05) is 12.4 Å². The minimum absolute atomic E-state index is 0.278. The summed E-state index contributed by atoms with van der Waals surface area (Å²) in [5, 5.41) is 3.15. The van der Waals surface area contributed by atoms with E-state index < -0.39 is 10.0 Å². The van der Waals surface area contributed by atoms with E-state index in [-0.39, 0.29) is 4.90 Å². The van der Waals surface area contributed by atoms with E-state index in [1.165, 1.54) is 7.05 Å². The molecule has 0 aliphatic carbocycles. The molecule has 20 heavy (non-hydrogen) atoms. The topological polar surface area (TPSA) is 71.3 Å². The average molecular weight is 294 g/mol. The molecule has 0 aliphatic heterocycles. The second-order valence-corrected chi connectivity index (χ2v) is 6.41. The van der Waals surface area contributed by atoms with E-state index in [9.17, 15) is 8.42 Å². The molecule has 0 saturated heterocycles. The van der Waals surface area contributed by atoms with Crippen molar-refractivity contribution in [3.05, 3.63) is 47.4 Å². The highest BCUT2D eigenvalue weighted by Crippen LogP contribution is 2.20. The Morgan fingerprint density at radius 1 is 1.15 bits per heavy atom. The largest absolute Gasteiger partial charge is 0.465 e. The normalized spacial score (nSPS) is 11.6. The van der Waals surface area contributed by atoms with E-state index in [2.05, 4.69) is 10.0 Å². The number of aryl methyl sites for hydroxylation is 2. The van der Waals surface area contributed by atoms with Gasteiger partial charge in [0.2, 0.25) is 10.0 Å². The highest BCUT2D eigenvalue weighted by atomic mass is 32.2. The summed E-state index contributed by atoms with van der Waals surface area (Å²) < 4.78 is 31.6. The molecule has 0 unspecified atom stereocenters. The SMILES string of the molecule is CNS(=O)(=O)c1cc(NCc2ccc(C)o2)ccc1C. The van der Waals surface area contributed by atoms with Crippen LogP contribution in [0.25, 0.3) is 0 Å². The highest BCUT2D eigenvalue weighted by molar-refractivity contribution is 7.89. The van der Waals surface area contributed by atoms with Crippen LogP contribution in [0.15, 0.2) is 39.6 Å². The van der Waals surface area contributed by atoms with Crippen molar-refractivity contribution >= 4 is 15.7 Å². The first-order valence-electron chi connectivity index (χ1n) is 6.26. The number of nitrogens with one attached hydrogen (secondary N) is 2. The Labute approximate surface area is 119 Å². The van der Waals surface area contributed by atoms with Crippen molar-refractivity contribution in [3.8, 4) is 0 Å². The number of furan rings is 1. The number of rotatable bonds is 5. The van der Waals surface area contributed by atoms with E-state index in [4.69, 9.17) is 4.42 Å². The Kier molecular flexibility index (Phi) is 4.15. The van der Waals surface area contributed by atoms with Crippen molar-refractivity contribution in [2.24, 2.45) is 0 Å². The van der Waals surface area contributed by atoms with Crippen LogP contribution in [0.5, 0.6) is 0 Å². The minimum atomic E-state index is -3.44. The van der Waals surface area contributed by atoms with E-state index >= 15 is 0 Å². The molecule has 1 aromatic heterocycles. The van der Waals surface area contributed by atoms with Gasteiger partial charge in [-0.05, 0) is 50.7 Å². The first kappa shape index (κ1) is 14.6. The first-order chi connectivity index (χ1) is 9.42. The van der Waals surface area contributed by atoms with E-state index in [0.29, 0.717) is 12.1 Å². The third-order valence-corrected chi connectivity index (χ3v) is 4.57. The standard InChI is InChI=1S/C14H18N2O3S/c1-10-4-6-12(8-14(10)20(17,18)15-3)16-9-13-7-5-11(2)19-13/h4-8,15-16H,9H2,1-3H3. The number of hydrogen-bond acceptors (Lipinski definition) is 4. The van der Waals surface area contributed by atoms with Gasteiger partial charge in [0.15, 0.2) is 0 Å². The Morgan fingerprint density at radius 3 is 2.50 bits per heavy atom. The van der Waals surface area contributed by atoms with Crippen molar-refractivity contribution in [2.45, 2.75) is 25.3 Å². The van der Waals surface area contributed by atoms with Gasteiger partial charge < -0.3 is 9.73 Å². The van der Waals surface area contributed by atoms with Crippen LogP contribution in [0.4, 0.5) is 5.69 Å². The minimum Gasteiger partial charge on any atom is -0.465 e. The summed E-state index contributed by atoms with van der Waals surface area (Å²) in [5.74, 6) is 1.66. The van der Waals surface area contributed by atoms with Gasteiger partial charge in [-0.3, -0.25) is 0 Å². The molecule has 0 atom stereocenters. The van der Waals surface area contributed by atoms with Crippen molar-refractivity contribution in [1.29, 1.82) is 0 Å². The Morgan fingerprint density at radius 2 is 1.90 bits per heavy atom. The molecule has 1 aromatic carbocycles. The molecule has 2 N–H and O–H groups in total. The zero-order valence-corrected chi connectivity index (χ0v) is 12.5. The number of anilines is 1. The van der Waals surface area contributed by atoms with Crippen LogP contribution >= 0.6 is 0 Å². The highest BCUT2D eigenvalue weighted by Gasteiger charge is 2.15. The number of hydrogen-bond donors (Lipinski definition) is 2. The van der Waals surface area contributed by atoms with Crippen LogP contribution in [-0.2, 0) is 16.6 Å². The smallest absolute Gasteiger partial charge is 0.240 e. The molecule has 0 radical (unpaired) electrons. The lowest BCUT2D eigenvalue weighted by molar-refractivity contribution is 0.490. The molecule has 1 heterocycles. The van der Waals surface area contributed by atoms with Gasteiger partial charge in [0.1, 0.15) is 11.5 Å². The summed E-state index contributed by atoms with van der Waals surface area (Å²) >= 11 is 0. The van der Waals surface area contributed by atoms with E-state index in [1.54, 1.807) is 19.1 Å². The fourth-order valence-corrected chi connectivity index (χ4v) is 2.87. The Bertz CT molecular complexity index is 705. The van der Waals surface area contributed by atoms with Gasteiger partial charge in [0.05, 0.1) is 11.4 Å². The summed E-state index contributed by atoms with van der Waals surface area (Å²) in [6.45, 7) is 4.16. The molecular weight excluding hydrogens is 276 g/mol. The van der Waals surface area contributed by atoms with Gasteiger partial charge in [-0.2, -0.15) is 0 Å². The molecule has 2 aromatic rings. The molecule has 0 fully saturated rings. The van der Waals surface area contributed by atoms with Gasteiger partial charge in [0, 0.05) is 5.69 Å². The van der Waals surface area contributed by atoms with Crippen molar-refractivity contribution < 1.29 is 12.8 Å². The van der Waals surface area contributed by atoms with Gasteiger partial charge >= 0.3 is 0 Å². The van der Waals surface area contributed by atoms with Crippen LogP contribution in [0.2, 0.25) is 0 Å². The van der Waals surface area contributed by atoms with Crippen LogP contribution in [0, 0.1) is 13.8 Å². The molecule has 2 rings (SSSR count). The predicted molar refractivity (Wildman–Crippen MR) is 78.2 cm³/mol. The molecule has 0 aliphatic rings. The molecule has 0 spiro atoms. The predicted octanol–water partition coefficient (Wildman–Crippen LogP) is 2.42. The summed E-state index contributed by atoms with van der Waals surface area (Å²) in [4.78, 5) is 0.278. The van der Waals surface area contributed by atoms with Crippen LogP contribution in [0.3, 0.4) is 0 Å². The molecule has 0 saturated carbocycles. The third-order valence-electron chi connectivity index (χ3n) is 3.01. The summed E-state index contributed by atoms with van der Waals surface area (Å²) in [6.07, 6.45) is 0. The lowest BCUT2D eigenvalue weighted by Gasteiger charge is -2.10. The second-order valence-electron chi connectivity index (χ2n) is 4.55. The summed E-state index contributed by atoms with van der Waals surface area (Å²) in [7, 11) is -2.04. The monoisotopic (exact) mass is 294 g/mol. The molecule has 6 heteroatoms. The van der Waals surface area contributed by atoms with E-state index in [1.807, 2.05) is 25.1 Å². The lowest BCUT2D eigenvalue weighted by atomic mass is 10.2.